The Kier molecular flexibility index (Phi) is 4.89. The molecule has 0 amide bonds. The summed E-state index contributed by atoms with van der Waals surface area (Å²) in [6.45, 7) is 13.6. The van der Waals surface area contributed by atoms with Crippen molar-refractivity contribution in [3.8, 4) is 0 Å². The van der Waals surface area contributed by atoms with E-state index in [-0.39, 0.29) is 5.41 Å². The summed E-state index contributed by atoms with van der Waals surface area (Å²) < 4.78 is 0. The van der Waals surface area contributed by atoms with E-state index in [1.54, 1.807) is 0 Å². The third-order valence-corrected chi connectivity index (χ3v) is 3.78. The zero-order chi connectivity index (χ0) is 13.8. The molecular weight excluding hydrogens is 220 g/mol. The summed E-state index contributed by atoms with van der Waals surface area (Å²) in [5, 5.41) is 0. The number of aryl methyl sites for hydroxylation is 1. The van der Waals surface area contributed by atoms with Crippen LogP contribution in [0.4, 0.5) is 0 Å². The van der Waals surface area contributed by atoms with Crippen molar-refractivity contribution in [3.63, 3.8) is 0 Å². The zero-order valence-electron chi connectivity index (χ0n) is 12.9. The summed E-state index contributed by atoms with van der Waals surface area (Å²) in [7, 11) is 0. The Bertz CT molecular complexity index is 363. The predicted octanol–water partition coefficient (Wildman–Crippen LogP) is 4.53. The van der Waals surface area contributed by atoms with E-state index >= 15 is 0 Å². The average Bonchev–Trinajstić information content (AvgIpc) is 2.29. The molecule has 0 bridgehead atoms. The molecule has 1 rings (SSSR count). The zero-order valence-corrected chi connectivity index (χ0v) is 12.9. The van der Waals surface area contributed by atoms with Crippen LogP contribution in [0, 0.1) is 5.41 Å². The van der Waals surface area contributed by atoms with Crippen LogP contribution >= 0.6 is 0 Å². The van der Waals surface area contributed by atoms with Crippen molar-refractivity contribution < 1.29 is 0 Å². The minimum absolute atomic E-state index is 0.0945. The minimum Gasteiger partial charge on any atom is -0.258 e. The summed E-state index contributed by atoms with van der Waals surface area (Å²) in [5.74, 6) is 0. The van der Waals surface area contributed by atoms with Gasteiger partial charge in [-0.15, -0.1) is 0 Å². The van der Waals surface area contributed by atoms with Gasteiger partial charge in [-0.3, -0.25) is 9.97 Å². The van der Waals surface area contributed by atoms with E-state index < -0.39 is 0 Å². The second-order valence-corrected chi connectivity index (χ2v) is 6.72. The second-order valence-electron chi connectivity index (χ2n) is 6.72. The van der Waals surface area contributed by atoms with Gasteiger partial charge in [0, 0.05) is 17.8 Å². The first-order valence-corrected chi connectivity index (χ1v) is 7.12. The summed E-state index contributed by atoms with van der Waals surface area (Å²) in [6.07, 6.45) is 8.39. The molecule has 2 heteroatoms. The van der Waals surface area contributed by atoms with Gasteiger partial charge in [0.2, 0.25) is 0 Å². The molecule has 0 aliphatic heterocycles. The highest BCUT2D eigenvalue weighted by molar-refractivity contribution is 5.13. The van der Waals surface area contributed by atoms with E-state index in [0.29, 0.717) is 5.41 Å². The molecule has 18 heavy (non-hydrogen) atoms. The molecule has 0 aromatic carbocycles. The van der Waals surface area contributed by atoms with Crippen LogP contribution in [0.5, 0.6) is 0 Å². The molecule has 0 N–H and O–H groups in total. The highest BCUT2D eigenvalue weighted by Gasteiger charge is 2.30. The average molecular weight is 248 g/mol. The molecule has 102 valence electrons. The van der Waals surface area contributed by atoms with Crippen molar-refractivity contribution in [1.82, 2.24) is 9.97 Å². The Balaban J connectivity index is 2.84. The highest BCUT2D eigenvalue weighted by atomic mass is 14.8. The van der Waals surface area contributed by atoms with Gasteiger partial charge in [-0.05, 0) is 18.3 Å². The molecule has 0 aliphatic carbocycles. The third kappa shape index (κ3) is 4.08. The second kappa shape index (κ2) is 5.81. The fourth-order valence-corrected chi connectivity index (χ4v) is 2.50. The van der Waals surface area contributed by atoms with Gasteiger partial charge in [0.15, 0.2) is 0 Å². The van der Waals surface area contributed by atoms with Crippen LogP contribution in [0.1, 0.15) is 72.2 Å². The van der Waals surface area contributed by atoms with Crippen LogP contribution in [0.3, 0.4) is 0 Å². The number of hydrogen-bond donors (Lipinski definition) is 0. The van der Waals surface area contributed by atoms with E-state index in [1.807, 2.05) is 12.4 Å². The fourth-order valence-electron chi connectivity index (χ4n) is 2.50. The Labute approximate surface area is 112 Å². The largest absolute Gasteiger partial charge is 0.258 e. The fraction of sp³-hybridized carbons (Fsp3) is 0.750. The Hall–Kier alpha value is -0.920. The lowest BCUT2D eigenvalue weighted by molar-refractivity contribution is 0.244. The molecule has 0 unspecified atom stereocenters. The lowest BCUT2D eigenvalue weighted by atomic mass is 9.72. The van der Waals surface area contributed by atoms with Gasteiger partial charge in [-0.1, -0.05) is 54.4 Å². The Morgan fingerprint density at radius 2 is 1.67 bits per heavy atom. The molecule has 0 aliphatic rings. The molecule has 1 aromatic heterocycles. The van der Waals surface area contributed by atoms with Gasteiger partial charge >= 0.3 is 0 Å². The summed E-state index contributed by atoms with van der Waals surface area (Å²) in [6, 6.07) is 0. The topological polar surface area (TPSA) is 25.8 Å². The number of hydrogen-bond acceptors (Lipinski definition) is 2. The van der Waals surface area contributed by atoms with Crippen molar-refractivity contribution >= 4 is 0 Å². The standard InChI is InChI=1S/C16H28N2/c1-7-9-13-10-18-14(11-17-13)16(5,6)12-15(3,4)8-2/h10-11H,7-9,12H2,1-6H3. The van der Waals surface area contributed by atoms with E-state index in [0.717, 1.165) is 30.7 Å². The van der Waals surface area contributed by atoms with Gasteiger partial charge in [0.05, 0.1) is 11.4 Å². The van der Waals surface area contributed by atoms with Crippen LogP contribution in [0.2, 0.25) is 0 Å². The number of rotatable bonds is 6. The maximum Gasteiger partial charge on any atom is 0.0643 e. The maximum absolute atomic E-state index is 4.62. The van der Waals surface area contributed by atoms with E-state index in [1.165, 1.54) is 6.42 Å². The third-order valence-electron chi connectivity index (χ3n) is 3.78. The van der Waals surface area contributed by atoms with Gasteiger partial charge in [-0.25, -0.2) is 0 Å². The van der Waals surface area contributed by atoms with Crippen molar-refractivity contribution in [2.75, 3.05) is 0 Å². The Morgan fingerprint density at radius 3 is 2.11 bits per heavy atom. The minimum atomic E-state index is 0.0945. The van der Waals surface area contributed by atoms with Crippen LogP contribution in [0.25, 0.3) is 0 Å². The van der Waals surface area contributed by atoms with E-state index in [2.05, 4.69) is 51.5 Å². The van der Waals surface area contributed by atoms with Gasteiger partial charge in [-0.2, -0.15) is 0 Å². The molecule has 1 heterocycles. The molecule has 0 atom stereocenters. The van der Waals surface area contributed by atoms with Gasteiger partial charge in [0.25, 0.3) is 0 Å². The van der Waals surface area contributed by atoms with Crippen LogP contribution in [-0.4, -0.2) is 9.97 Å². The molecule has 0 saturated heterocycles. The quantitative estimate of drug-likeness (QED) is 0.739. The molecular formula is C16H28N2. The normalized spacial score (nSPS) is 12.8. The lowest BCUT2D eigenvalue weighted by Gasteiger charge is -2.33. The smallest absolute Gasteiger partial charge is 0.0643 e. The van der Waals surface area contributed by atoms with Crippen molar-refractivity contribution in [1.29, 1.82) is 0 Å². The van der Waals surface area contributed by atoms with Crippen molar-refractivity contribution in [3.05, 3.63) is 23.8 Å². The SMILES string of the molecule is CCCc1cnc(C(C)(C)CC(C)(C)CC)cn1. The maximum atomic E-state index is 4.62. The van der Waals surface area contributed by atoms with Gasteiger partial charge in [0.1, 0.15) is 0 Å². The van der Waals surface area contributed by atoms with E-state index in [9.17, 15) is 0 Å². The van der Waals surface area contributed by atoms with Crippen molar-refractivity contribution in [2.24, 2.45) is 5.41 Å². The first kappa shape index (κ1) is 15.1. The highest BCUT2D eigenvalue weighted by Crippen LogP contribution is 2.37. The lowest BCUT2D eigenvalue weighted by Crippen LogP contribution is -2.27. The van der Waals surface area contributed by atoms with Gasteiger partial charge < -0.3 is 0 Å². The molecule has 0 spiro atoms. The molecule has 0 radical (unpaired) electrons. The number of aromatic nitrogens is 2. The summed E-state index contributed by atoms with van der Waals surface area (Å²) >= 11 is 0. The summed E-state index contributed by atoms with van der Waals surface area (Å²) in [5.41, 5.74) is 2.67. The first-order valence-electron chi connectivity index (χ1n) is 7.12. The summed E-state index contributed by atoms with van der Waals surface area (Å²) in [4.78, 5) is 9.15. The van der Waals surface area contributed by atoms with Crippen LogP contribution in [-0.2, 0) is 11.8 Å². The van der Waals surface area contributed by atoms with E-state index in [4.69, 9.17) is 0 Å². The molecule has 0 saturated carbocycles. The van der Waals surface area contributed by atoms with Crippen LogP contribution < -0.4 is 0 Å². The van der Waals surface area contributed by atoms with Crippen LogP contribution in [0.15, 0.2) is 12.4 Å². The monoisotopic (exact) mass is 248 g/mol. The molecule has 1 aromatic rings. The molecule has 0 fully saturated rings. The number of nitrogens with zero attached hydrogens (tertiary/aromatic N) is 2. The predicted molar refractivity (Wildman–Crippen MR) is 77.7 cm³/mol. The Morgan fingerprint density at radius 1 is 1.00 bits per heavy atom. The molecule has 2 nitrogen and oxygen atoms in total. The first-order chi connectivity index (χ1) is 8.30. The van der Waals surface area contributed by atoms with Crippen molar-refractivity contribution in [2.45, 2.75) is 72.6 Å².